The van der Waals surface area contributed by atoms with Gasteiger partial charge in [-0.3, -0.25) is 14.3 Å². The molecule has 2 atom stereocenters. The fourth-order valence-electron chi connectivity index (χ4n) is 5.79. The minimum absolute atomic E-state index is 0.0390. The Hall–Kier alpha value is -4.23. The van der Waals surface area contributed by atoms with Crippen LogP contribution in [0.5, 0.6) is 11.5 Å². The molecule has 0 radical (unpaired) electrons. The number of benzene rings is 2. The molecule has 0 saturated heterocycles. The van der Waals surface area contributed by atoms with Gasteiger partial charge in [0.2, 0.25) is 11.8 Å². The average molecular weight is 708 g/mol. The third-order valence-electron chi connectivity index (χ3n) is 8.56. The first-order valence-electron chi connectivity index (χ1n) is 17.0. The molecule has 0 bridgehead atoms. The lowest BCUT2D eigenvalue weighted by molar-refractivity contribution is -0.119. The minimum Gasteiger partial charge on any atom is -0.496 e. The summed E-state index contributed by atoms with van der Waals surface area (Å²) in [6.07, 6.45) is 8.91. The zero-order valence-corrected chi connectivity index (χ0v) is 30.4. The molecule has 3 aromatic rings. The molecule has 0 fully saturated rings. The molecule has 2 aromatic carbocycles. The number of nitrogens with one attached hydrogen (secondary N) is 4. The van der Waals surface area contributed by atoms with Gasteiger partial charge in [0.05, 0.1) is 17.8 Å². The highest BCUT2D eigenvalue weighted by atomic mass is 35.5. The lowest BCUT2D eigenvalue weighted by Crippen LogP contribution is -2.45. The standard InChI is InChI=1S/C37H50ClN7O5/c1-26-10-6-7-11-32(26)33-12-8-13-37(27(33)2,50-19-9-18-45-24-31(43-44-45)23-40-15-17-42-29(4)47)25-49-36-21-35(48-5)30(20-34(36)38)22-39-14-16-41-28(3)46/h6-8,10-13,20-21,24,27,39-40H,9,14-19,22-23,25H2,1-5H3,(H,41,46)(H,42,47). The second kappa shape index (κ2) is 19.2. The largest absolute Gasteiger partial charge is 0.496 e. The van der Waals surface area contributed by atoms with Gasteiger partial charge in [0, 0.05) is 90.0 Å². The number of aryl methyl sites for hydroxylation is 2. The number of halogens is 1. The molecule has 12 nitrogen and oxygen atoms in total. The molecule has 1 heterocycles. The normalized spacial score (nSPS) is 16.9. The topological polar surface area (TPSA) is 141 Å². The fourth-order valence-corrected chi connectivity index (χ4v) is 6.03. The summed E-state index contributed by atoms with van der Waals surface area (Å²) in [5.41, 5.74) is 4.47. The molecule has 270 valence electrons. The van der Waals surface area contributed by atoms with Crippen molar-refractivity contribution in [3.63, 3.8) is 0 Å². The number of rotatable bonds is 20. The third-order valence-corrected chi connectivity index (χ3v) is 8.85. The summed E-state index contributed by atoms with van der Waals surface area (Å²) in [6, 6.07) is 12.0. The molecule has 4 N–H and O–H groups in total. The molecular weight excluding hydrogens is 658 g/mol. The van der Waals surface area contributed by atoms with E-state index in [1.54, 1.807) is 7.11 Å². The fraction of sp³-hybridized carbons (Fsp3) is 0.459. The Balaban J connectivity index is 1.43. The van der Waals surface area contributed by atoms with E-state index in [1.165, 1.54) is 30.5 Å². The molecule has 2 amide bonds. The van der Waals surface area contributed by atoms with Crippen molar-refractivity contribution in [1.82, 2.24) is 36.3 Å². The summed E-state index contributed by atoms with van der Waals surface area (Å²) < 4.78 is 20.8. The van der Waals surface area contributed by atoms with E-state index >= 15 is 0 Å². The van der Waals surface area contributed by atoms with Crippen molar-refractivity contribution < 1.29 is 23.8 Å². The Morgan fingerprint density at radius 2 is 1.72 bits per heavy atom. The van der Waals surface area contributed by atoms with E-state index in [9.17, 15) is 9.59 Å². The zero-order valence-electron chi connectivity index (χ0n) is 29.7. The maximum atomic E-state index is 11.2. The van der Waals surface area contributed by atoms with E-state index in [1.807, 2.05) is 35.2 Å². The SMILES string of the molecule is COc1cc(OCC2(OCCCn3cc(CNCCNC(C)=O)nn3)C=CC=C(c3ccccc3C)C2C)c(Cl)cc1CNCCNC(C)=O. The molecule has 0 spiro atoms. The van der Waals surface area contributed by atoms with E-state index in [0.717, 1.165) is 11.3 Å². The number of hydrogen-bond donors (Lipinski definition) is 4. The maximum absolute atomic E-state index is 11.2. The Labute approximate surface area is 300 Å². The quantitative estimate of drug-likeness (QED) is 0.127. The average Bonchev–Trinajstić information content (AvgIpc) is 3.54. The molecule has 2 unspecified atom stereocenters. The van der Waals surface area contributed by atoms with Gasteiger partial charge in [0.25, 0.3) is 0 Å². The van der Waals surface area contributed by atoms with Crippen LogP contribution in [0.3, 0.4) is 0 Å². The van der Waals surface area contributed by atoms with Crippen LogP contribution in [-0.2, 0) is 34.0 Å². The molecule has 1 aliphatic rings. The third kappa shape index (κ3) is 11.1. The highest BCUT2D eigenvalue weighted by Gasteiger charge is 2.40. The van der Waals surface area contributed by atoms with E-state index in [4.69, 9.17) is 25.8 Å². The Morgan fingerprint density at radius 3 is 2.42 bits per heavy atom. The summed E-state index contributed by atoms with van der Waals surface area (Å²) in [5.74, 6) is 0.997. The number of amides is 2. The lowest BCUT2D eigenvalue weighted by atomic mass is 9.76. The van der Waals surface area contributed by atoms with E-state index in [-0.39, 0.29) is 24.3 Å². The predicted molar refractivity (Wildman–Crippen MR) is 195 cm³/mol. The van der Waals surface area contributed by atoms with Crippen LogP contribution in [0.15, 0.2) is 60.8 Å². The molecule has 4 rings (SSSR count). The summed E-state index contributed by atoms with van der Waals surface area (Å²) in [4.78, 5) is 22.2. The van der Waals surface area contributed by atoms with Crippen LogP contribution in [0.4, 0.5) is 0 Å². The smallest absolute Gasteiger partial charge is 0.216 e. The van der Waals surface area contributed by atoms with Crippen molar-refractivity contribution in [2.75, 3.05) is 46.5 Å². The molecular formula is C37H50ClN7O5. The van der Waals surface area contributed by atoms with Gasteiger partial charge in [0.1, 0.15) is 23.7 Å². The van der Waals surface area contributed by atoms with Crippen molar-refractivity contribution in [1.29, 1.82) is 0 Å². The van der Waals surface area contributed by atoms with Gasteiger partial charge >= 0.3 is 0 Å². The van der Waals surface area contributed by atoms with Crippen LogP contribution >= 0.6 is 11.6 Å². The van der Waals surface area contributed by atoms with E-state index in [0.29, 0.717) is 75.4 Å². The van der Waals surface area contributed by atoms with Crippen molar-refractivity contribution in [2.24, 2.45) is 5.92 Å². The molecule has 0 aliphatic heterocycles. The van der Waals surface area contributed by atoms with Crippen molar-refractivity contribution in [2.45, 2.75) is 59.4 Å². The molecule has 50 heavy (non-hydrogen) atoms. The molecule has 0 saturated carbocycles. The first kappa shape index (κ1) is 38.6. The Bertz CT molecular complexity index is 1640. The number of aromatic nitrogens is 3. The van der Waals surface area contributed by atoms with Gasteiger partial charge in [-0.2, -0.15) is 0 Å². The van der Waals surface area contributed by atoms with Crippen molar-refractivity contribution >= 4 is 29.0 Å². The number of carbonyl (C=O) groups excluding carboxylic acids is 2. The molecule has 1 aliphatic carbocycles. The first-order valence-corrected chi connectivity index (χ1v) is 17.4. The summed E-state index contributed by atoms with van der Waals surface area (Å²) in [7, 11) is 1.62. The highest BCUT2D eigenvalue weighted by molar-refractivity contribution is 6.32. The monoisotopic (exact) mass is 707 g/mol. The number of hydrogen-bond acceptors (Lipinski definition) is 9. The number of allylic oxidation sites excluding steroid dienone is 2. The highest BCUT2D eigenvalue weighted by Crippen LogP contribution is 2.41. The van der Waals surface area contributed by atoms with Gasteiger partial charge in [-0.05, 0) is 42.2 Å². The second-order valence-corrected chi connectivity index (χ2v) is 12.8. The van der Waals surface area contributed by atoms with E-state index < -0.39 is 5.60 Å². The Kier molecular flexibility index (Phi) is 14.8. The lowest BCUT2D eigenvalue weighted by Gasteiger charge is -2.40. The first-order chi connectivity index (χ1) is 24.1. The summed E-state index contributed by atoms with van der Waals surface area (Å²) >= 11 is 6.77. The van der Waals surface area contributed by atoms with Crippen LogP contribution in [0.1, 0.15) is 49.6 Å². The van der Waals surface area contributed by atoms with Gasteiger partial charge in [0.15, 0.2) is 0 Å². The second-order valence-electron chi connectivity index (χ2n) is 12.4. The van der Waals surface area contributed by atoms with Crippen LogP contribution in [-0.4, -0.2) is 78.9 Å². The van der Waals surface area contributed by atoms with Crippen LogP contribution in [0, 0.1) is 12.8 Å². The maximum Gasteiger partial charge on any atom is 0.216 e. The number of nitrogens with zero attached hydrogens (tertiary/aromatic N) is 3. The summed E-state index contributed by atoms with van der Waals surface area (Å²) in [6.45, 7) is 12.0. The number of methoxy groups -OCH3 is 1. The van der Waals surface area contributed by atoms with Gasteiger partial charge in [-0.15, -0.1) is 5.10 Å². The van der Waals surface area contributed by atoms with Crippen LogP contribution in [0.2, 0.25) is 5.02 Å². The van der Waals surface area contributed by atoms with E-state index in [2.05, 4.69) is 75.8 Å². The molecule has 13 heteroatoms. The van der Waals surface area contributed by atoms with Crippen molar-refractivity contribution in [3.8, 4) is 11.5 Å². The van der Waals surface area contributed by atoms with Gasteiger partial charge in [-0.25, -0.2) is 0 Å². The Morgan fingerprint density at radius 1 is 1.00 bits per heavy atom. The minimum atomic E-state index is -0.780. The predicted octanol–water partition coefficient (Wildman–Crippen LogP) is 4.21. The zero-order chi connectivity index (χ0) is 35.9. The van der Waals surface area contributed by atoms with Gasteiger partial charge in [-0.1, -0.05) is 60.2 Å². The van der Waals surface area contributed by atoms with Crippen molar-refractivity contribution in [3.05, 3.63) is 88.2 Å². The van der Waals surface area contributed by atoms with Crippen LogP contribution in [0.25, 0.3) is 5.57 Å². The summed E-state index contributed by atoms with van der Waals surface area (Å²) in [5, 5.41) is 21.1. The van der Waals surface area contributed by atoms with Crippen LogP contribution < -0.4 is 30.7 Å². The van der Waals surface area contributed by atoms with Gasteiger partial charge < -0.3 is 35.5 Å². The molecule has 1 aromatic heterocycles. The number of carbonyl (C=O) groups is 2. The number of ether oxygens (including phenoxy) is 3.